The molecule has 0 unspecified atom stereocenters. The van der Waals surface area contributed by atoms with Gasteiger partial charge in [0.25, 0.3) is 0 Å². The van der Waals surface area contributed by atoms with Gasteiger partial charge in [0.1, 0.15) is 0 Å². The predicted octanol–water partition coefficient (Wildman–Crippen LogP) is 2.87. The lowest BCUT2D eigenvalue weighted by Crippen LogP contribution is -2.20. The molecule has 0 heterocycles. The van der Waals surface area contributed by atoms with E-state index in [0.717, 1.165) is 17.8 Å². The zero-order valence-corrected chi connectivity index (χ0v) is 10.1. The van der Waals surface area contributed by atoms with Crippen molar-refractivity contribution in [2.24, 2.45) is 0 Å². The summed E-state index contributed by atoms with van der Waals surface area (Å²) in [6, 6.07) is 20.2. The monoisotopic (exact) mass is 237 g/mol. The molecule has 0 fully saturated rings. The topological polar surface area (TPSA) is 47.9 Å². The minimum Gasteiger partial charge on any atom is -0.321 e. The van der Waals surface area contributed by atoms with Gasteiger partial charge in [0.2, 0.25) is 0 Å². The zero-order valence-electron chi connectivity index (χ0n) is 10.1. The first-order chi connectivity index (χ1) is 8.88. The van der Waals surface area contributed by atoms with E-state index in [1.54, 1.807) is 0 Å². The van der Waals surface area contributed by atoms with Gasteiger partial charge in [0.05, 0.1) is 12.5 Å². The third-order valence-corrected chi connectivity index (χ3v) is 2.61. The molecule has 0 amide bonds. The molecule has 0 atom stereocenters. The number of para-hydroxylation sites is 1. The first-order valence-electron chi connectivity index (χ1n) is 5.87. The highest BCUT2D eigenvalue weighted by atomic mass is 15.3. The van der Waals surface area contributed by atoms with E-state index >= 15 is 0 Å². The number of benzene rings is 2. The SMILES string of the molecule is N#CCc1ccc(CNNc2ccccc2)cc1. The molecule has 2 aromatic rings. The van der Waals surface area contributed by atoms with Crippen molar-refractivity contribution in [3.05, 3.63) is 65.7 Å². The maximum absolute atomic E-state index is 8.58. The minimum atomic E-state index is 0.468. The highest BCUT2D eigenvalue weighted by Crippen LogP contribution is 2.06. The van der Waals surface area contributed by atoms with Gasteiger partial charge in [-0.15, -0.1) is 0 Å². The number of hydrogen-bond donors (Lipinski definition) is 2. The van der Waals surface area contributed by atoms with Crippen molar-refractivity contribution in [3.63, 3.8) is 0 Å². The Morgan fingerprint density at radius 1 is 0.889 bits per heavy atom. The number of nitriles is 1. The molecular formula is C15H15N3. The van der Waals surface area contributed by atoms with Gasteiger partial charge in [0, 0.05) is 12.2 Å². The summed E-state index contributed by atoms with van der Waals surface area (Å²) in [5.41, 5.74) is 9.56. The molecule has 0 saturated heterocycles. The molecule has 3 nitrogen and oxygen atoms in total. The fourth-order valence-corrected chi connectivity index (χ4v) is 1.64. The van der Waals surface area contributed by atoms with E-state index < -0.39 is 0 Å². The first kappa shape index (κ1) is 12.2. The second-order valence-electron chi connectivity index (χ2n) is 4.00. The van der Waals surface area contributed by atoms with Crippen LogP contribution in [0.5, 0.6) is 0 Å². The highest BCUT2D eigenvalue weighted by molar-refractivity contribution is 5.41. The minimum absolute atomic E-state index is 0.468. The number of nitrogens with zero attached hydrogens (tertiary/aromatic N) is 1. The van der Waals surface area contributed by atoms with Crippen molar-refractivity contribution in [1.82, 2.24) is 5.43 Å². The lowest BCUT2D eigenvalue weighted by atomic mass is 10.1. The van der Waals surface area contributed by atoms with Crippen molar-refractivity contribution in [3.8, 4) is 6.07 Å². The molecule has 0 aromatic heterocycles. The Bertz CT molecular complexity index is 512. The molecule has 0 aliphatic rings. The average molecular weight is 237 g/mol. The van der Waals surface area contributed by atoms with E-state index in [9.17, 15) is 0 Å². The summed E-state index contributed by atoms with van der Waals surface area (Å²) < 4.78 is 0. The summed E-state index contributed by atoms with van der Waals surface area (Å²) in [7, 11) is 0. The van der Waals surface area contributed by atoms with Crippen LogP contribution in [0.1, 0.15) is 11.1 Å². The van der Waals surface area contributed by atoms with E-state index in [2.05, 4.69) is 16.9 Å². The van der Waals surface area contributed by atoms with Gasteiger partial charge < -0.3 is 5.43 Å². The lowest BCUT2D eigenvalue weighted by Gasteiger charge is -2.08. The fourth-order valence-electron chi connectivity index (χ4n) is 1.64. The molecule has 0 aliphatic carbocycles. The summed E-state index contributed by atoms with van der Waals surface area (Å²) in [4.78, 5) is 0. The Kier molecular flexibility index (Phi) is 4.34. The molecule has 0 spiro atoms. The van der Waals surface area contributed by atoms with Gasteiger partial charge in [-0.1, -0.05) is 42.5 Å². The molecule has 0 saturated carbocycles. The quantitative estimate of drug-likeness (QED) is 0.786. The zero-order chi connectivity index (χ0) is 12.6. The molecular weight excluding hydrogens is 222 g/mol. The van der Waals surface area contributed by atoms with Gasteiger partial charge in [-0.25, -0.2) is 5.43 Å². The summed E-state index contributed by atoms with van der Waals surface area (Å²) in [5, 5.41) is 8.58. The van der Waals surface area contributed by atoms with Crippen molar-refractivity contribution in [1.29, 1.82) is 5.26 Å². The van der Waals surface area contributed by atoms with Crippen LogP contribution in [0, 0.1) is 11.3 Å². The normalized spacial score (nSPS) is 9.72. The van der Waals surface area contributed by atoms with E-state index in [1.807, 2.05) is 54.6 Å². The lowest BCUT2D eigenvalue weighted by molar-refractivity contribution is 0.801. The smallest absolute Gasteiger partial charge is 0.0669 e. The number of hydrazine groups is 1. The van der Waals surface area contributed by atoms with Crippen LogP contribution in [0.4, 0.5) is 5.69 Å². The maximum atomic E-state index is 8.58. The fraction of sp³-hybridized carbons (Fsp3) is 0.133. The summed E-state index contributed by atoms with van der Waals surface area (Å²) in [6.07, 6.45) is 0.468. The third kappa shape index (κ3) is 3.62. The van der Waals surface area contributed by atoms with Gasteiger partial charge in [-0.3, -0.25) is 0 Å². The average Bonchev–Trinajstić information content (AvgIpc) is 2.42. The summed E-state index contributed by atoms with van der Waals surface area (Å²) >= 11 is 0. The molecule has 2 N–H and O–H groups in total. The number of hydrogen-bond acceptors (Lipinski definition) is 3. The Balaban J connectivity index is 1.82. The largest absolute Gasteiger partial charge is 0.321 e. The number of anilines is 1. The van der Waals surface area contributed by atoms with Crippen LogP contribution in [0.15, 0.2) is 54.6 Å². The second kappa shape index (κ2) is 6.43. The Morgan fingerprint density at radius 2 is 1.56 bits per heavy atom. The van der Waals surface area contributed by atoms with Crippen molar-refractivity contribution < 1.29 is 0 Å². The first-order valence-corrected chi connectivity index (χ1v) is 5.87. The standard InChI is InChI=1S/C15H15N3/c16-11-10-13-6-8-14(9-7-13)12-17-18-15-4-2-1-3-5-15/h1-9,17-18H,10,12H2. The van der Waals surface area contributed by atoms with E-state index in [1.165, 1.54) is 5.56 Å². The van der Waals surface area contributed by atoms with Crippen LogP contribution < -0.4 is 10.9 Å². The molecule has 0 bridgehead atoms. The number of nitrogens with one attached hydrogen (secondary N) is 2. The molecule has 0 radical (unpaired) electrons. The molecule has 18 heavy (non-hydrogen) atoms. The van der Waals surface area contributed by atoms with E-state index in [0.29, 0.717) is 6.42 Å². The number of rotatable bonds is 5. The van der Waals surface area contributed by atoms with Gasteiger partial charge in [0.15, 0.2) is 0 Å². The highest BCUT2D eigenvalue weighted by Gasteiger charge is 1.94. The van der Waals surface area contributed by atoms with Crippen LogP contribution in [0.2, 0.25) is 0 Å². The molecule has 90 valence electrons. The second-order valence-corrected chi connectivity index (χ2v) is 4.00. The van der Waals surface area contributed by atoms with Crippen LogP contribution in [0.25, 0.3) is 0 Å². The molecule has 3 heteroatoms. The third-order valence-electron chi connectivity index (χ3n) is 2.61. The Labute approximate surface area is 107 Å². The molecule has 0 aliphatic heterocycles. The van der Waals surface area contributed by atoms with Crippen molar-refractivity contribution in [2.75, 3.05) is 5.43 Å². The summed E-state index contributed by atoms with van der Waals surface area (Å²) in [5.74, 6) is 0. The van der Waals surface area contributed by atoms with Crippen LogP contribution >= 0.6 is 0 Å². The molecule has 2 aromatic carbocycles. The van der Waals surface area contributed by atoms with E-state index in [-0.39, 0.29) is 0 Å². The van der Waals surface area contributed by atoms with Crippen molar-refractivity contribution in [2.45, 2.75) is 13.0 Å². The Morgan fingerprint density at radius 3 is 2.22 bits per heavy atom. The van der Waals surface area contributed by atoms with E-state index in [4.69, 9.17) is 5.26 Å². The Hall–Kier alpha value is -2.31. The summed E-state index contributed by atoms with van der Waals surface area (Å²) in [6.45, 7) is 0.738. The van der Waals surface area contributed by atoms with Crippen molar-refractivity contribution >= 4 is 5.69 Å². The van der Waals surface area contributed by atoms with Gasteiger partial charge >= 0.3 is 0 Å². The predicted molar refractivity (Wildman–Crippen MR) is 72.7 cm³/mol. The van der Waals surface area contributed by atoms with Crippen LogP contribution in [0.3, 0.4) is 0 Å². The van der Waals surface area contributed by atoms with Crippen LogP contribution in [-0.2, 0) is 13.0 Å². The van der Waals surface area contributed by atoms with Gasteiger partial charge in [-0.2, -0.15) is 5.26 Å². The molecule has 2 rings (SSSR count). The van der Waals surface area contributed by atoms with Crippen LogP contribution in [-0.4, -0.2) is 0 Å². The van der Waals surface area contributed by atoms with Gasteiger partial charge in [-0.05, 0) is 23.3 Å². The maximum Gasteiger partial charge on any atom is 0.0669 e.